The summed E-state index contributed by atoms with van der Waals surface area (Å²) in [4.78, 5) is 11.1. The lowest BCUT2D eigenvalue weighted by atomic mass is 10.0. The Balaban J connectivity index is 0.00000121. The highest BCUT2D eigenvalue weighted by molar-refractivity contribution is 5.85. The highest BCUT2D eigenvalue weighted by Gasteiger charge is 2.21. The van der Waals surface area contributed by atoms with Crippen LogP contribution >= 0.6 is 12.4 Å². The Labute approximate surface area is 79.3 Å². The van der Waals surface area contributed by atoms with E-state index in [0.717, 1.165) is 25.9 Å². The lowest BCUT2D eigenvalue weighted by Crippen LogP contribution is -2.35. The van der Waals surface area contributed by atoms with Crippen molar-refractivity contribution in [3.8, 4) is 0 Å². The van der Waals surface area contributed by atoms with E-state index in [1.165, 1.54) is 0 Å². The molecular weight excluding hydrogens is 178 g/mol. The van der Waals surface area contributed by atoms with Crippen LogP contribution in [0.4, 0.5) is 0 Å². The van der Waals surface area contributed by atoms with E-state index in [1.807, 2.05) is 6.92 Å². The summed E-state index contributed by atoms with van der Waals surface area (Å²) in [5.41, 5.74) is 0. The van der Waals surface area contributed by atoms with Gasteiger partial charge in [0.2, 0.25) is 0 Å². The van der Waals surface area contributed by atoms with E-state index >= 15 is 0 Å². The SMILES string of the molecule is CCOC(=O)C1CCCNC1.Cl. The molecule has 1 fully saturated rings. The summed E-state index contributed by atoms with van der Waals surface area (Å²) in [5, 5.41) is 3.17. The Hall–Kier alpha value is -0.280. The van der Waals surface area contributed by atoms with Crippen molar-refractivity contribution in [1.82, 2.24) is 5.32 Å². The minimum atomic E-state index is -0.0419. The lowest BCUT2D eigenvalue weighted by molar-refractivity contribution is -0.148. The zero-order valence-corrected chi connectivity index (χ0v) is 8.15. The van der Waals surface area contributed by atoms with E-state index in [-0.39, 0.29) is 24.3 Å². The minimum Gasteiger partial charge on any atom is -0.466 e. The summed E-state index contributed by atoms with van der Waals surface area (Å²) in [6, 6.07) is 0. The van der Waals surface area contributed by atoms with Crippen molar-refractivity contribution in [2.24, 2.45) is 5.92 Å². The molecular formula is C8H16ClNO2. The minimum absolute atomic E-state index is 0. The van der Waals surface area contributed by atoms with Gasteiger partial charge in [-0.1, -0.05) is 0 Å². The average Bonchev–Trinajstić information content (AvgIpc) is 2.07. The summed E-state index contributed by atoms with van der Waals surface area (Å²) in [6.07, 6.45) is 2.06. The Bertz CT molecular complexity index is 135. The predicted molar refractivity (Wildman–Crippen MR) is 49.5 cm³/mol. The molecule has 0 saturated carbocycles. The fraction of sp³-hybridized carbons (Fsp3) is 0.875. The number of piperidine rings is 1. The van der Waals surface area contributed by atoms with Gasteiger partial charge < -0.3 is 10.1 Å². The van der Waals surface area contributed by atoms with Gasteiger partial charge in [0.1, 0.15) is 0 Å². The third kappa shape index (κ3) is 3.41. The number of carbonyl (C=O) groups is 1. The second-order valence-electron chi connectivity index (χ2n) is 2.80. The van der Waals surface area contributed by atoms with E-state index in [2.05, 4.69) is 5.32 Å². The fourth-order valence-electron chi connectivity index (χ4n) is 1.31. The van der Waals surface area contributed by atoms with Gasteiger partial charge in [0.15, 0.2) is 0 Å². The molecule has 1 rings (SSSR count). The number of hydrogen-bond acceptors (Lipinski definition) is 3. The van der Waals surface area contributed by atoms with Crippen LogP contribution < -0.4 is 5.32 Å². The summed E-state index contributed by atoms with van der Waals surface area (Å²) >= 11 is 0. The van der Waals surface area contributed by atoms with Gasteiger partial charge in [-0.05, 0) is 26.3 Å². The van der Waals surface area contributed by atoms with Crippen LogP contribution in [0.5, 0.6) is 0 Å². The van der Waals surface area contributed by atoms with Crippen molar-refractivity contribution in [2.75, 3.05) is 19.7 Å². The third-order valence-electron chi connectivity index (χ3n) is 1.92. The summed E-state index contributed by atoms with van der Waals surface area (Å²) in [6.45, 7) is 4.16. The molecule has 0 aromatic carbocycles. The maximum atomic E-state index is 11.1. The number of halogens is 1. The van der Waals surface area contributed by atoms with Gasteiger partial charge in [0.05, 0.1) is 12.5 Å². The number of esters is 1. The van der Waals surface area contributed by atoms with Crippen molar-refractivity contribution >= 4 is 18.4 Å². The molecule has 1 N–H and O–H groups in total. The zero-order valence-electron chi connectivity index (χ0n) is 7.34. The molecule has 0 aliphatic carbocycles. The molecule has 1 unspecified atom stereocenters. The third-order valence-corrected chi connectivity index (χ3v) is 1.92. The average molecular weight is 194 g/mol. The first kappa shape index (κ1) is 11.7. The first-order valence-electron chi connectivity index (χ1n) is 4.22. The predicted octanol–water partition coefficient (Wildman–Crippen LogP) is 0.971. The molecule has 1 aliphatic rings. The molecule has 0 radical (unpaired) electrons. The van der Waals surface area contributed by atoms with Crippen molar-refractivity contribution in [1.29, 1.82) is 0 Å². The van der Waals surface area contributed by atoms with Crippen LogP contribution in [0.25, 0.3) is 0 Å². The smallest absolute Gasteiger partial charge is 0.310 e. The molecule has 4 heteroatoms. The highest BCUT2D eigenvalue weighted by atomic mass is 35.5. The Morgan fingerprint density at radius 2 is 2.42 bits per heavy atom. The summed E-state index contributed by atoms with van der Waals surface area (Å²) in [5.74, 6) is 0.0587. The number of hydrogen-bond donors (Lipinski definition) is 1. The Morgan fingerprint density at radius 3 is 2.92 bits per heavy atom. The molecule has 1 heterocycles. The van der Waals surface area contributed by atoms with Crippen molar-refractivity contribution < 1.29 is 9.53 Å². The van der Waals surface area contributed by atoms with Crippen LogP contribution in [0.1, 0.15) is 19.8 Å². The van der Waals surface area contributed by atoms with E-state index in [1.54, 1.807) is 0 Å². The van der Waals surface area contributed by atoms with Crippen LogP contribution in [-0.4, -0.2) is 25.7 Å². The van der Waals surface area contributed by atoms with Gasteiger partial charge in [-0.3, -0.25) is 4.79 Å². The largest absolute Gasteiger partial charge is 0.466 e. The molecule has 1 saturated heterocycles. The number of carbonyl (C=O) groups excluding carboxylic acids is 1. The lowest BCUT2D eigenvalue weighted by Gasteiger charge is -2.20. The van der Waals surface area contributed by atoms with Gasteiger partial charge >= 0.3 is 5.97 Å². The van der Waals surface area contributed by atoms with Gasteiger partial charge in [-0.2, -0.15) is 0 Å². The second kappa shape index (κ2) is 6.26. The van der Waals surface area contributed by atoms with Gasteiger partial charge in [0, 0.05) is 6.54 Å². The van der Waals surface area contributed by atoms with E-state index < -0.39 is 0 Å². The van der Waals surface area contributed by atoms with E-state index in [4.69, 9.17) is 4.74 Å². The Kier molecular flexibility index (Phi) is 6.11. The molecule has 0 amide bonds. The number of nitrogens with one attached hydrogen (secondary N) is 1. The fourth-order valence-corrected chi connectivity index (χ4v) is 1.31. The van der Waals surface area contributed by atoms with Crippen LogP contribution in [0.15, 0.2) is 0 Å². The molecule has 1 aliphatic heterocycles. The first-order chi connectivity index (χ1) is 5.34. The van der Waals surface area contributed by atoms with Crippen LogP contribution in [0, 0.1) is 5.92 Å². The first-order valence-corrected chi connectivity index (χ1v) is 4.22. The van der Waals surface area contributed by atoms with Crippen LogP contribution in [0.3, 0.4) is 0 Å². The summed E-state index contributed by atoms with van der Waals surface area (Å²) in [7, 11) is 0. The van der Waals surface area contributed by atoms with Crippen LogP contribution in [0.2, 0.25) is 0 Å². The van der Waals surface area contributed by atoms with Crippen molar-refractivity contribution in [3.05, 3.63) is 0 Å². The molecule has 3 nitrogen and oxygen atoms in total. The molecule has 12 heavy (non-hydrogen) atoms. The van der Waals surface area contributed by atoms with Crippen molar-refractivity contribution in [2.45, 2.75) is 19.8 Å². The molecule has 72 valence electrons. The Morgan fingerprint density at radius 1 is 1.67 bits per heavy atom. The topological polar surface area (TPSA) is 38.3 Å². The normalized spacial score (nSPS) is 22.6. The zero-order chi connectivity index (χ0) is 8.10. The monoisotopic (exact) mass is 193 g/mol. The molecule has 0 spiro atoms. The van der Waals surface area contributed by atoms with E-state index in [9.17, 15) is 4.79 Å². The maximum Gasteiger partial charge on any atom is 0.310 e. The van der Waals surface area contributed by atoms with Crippen LogP contribution in [-0.2, 0) is 9.53 Å². The summed E-state index contributed by atoms with van der Waals surface area (Å²) < 4.78 is 4.90. The van der Waals surface area contributed by atoms with Gasteiger partial charge in [0.25, 0.3) is 0 Å². The standard InChI is InChI=1S/C8H15NO2.ClH/c1-2-11-8(10)7-4-3-5-9-6-7;/h7,9H,2-6H2,1H3;1H. The van der Waals surface area contributed by atoms with Gasteiger partial charge in [-0.15, -0.1) is 12.4 Å². The number of rotatable bonds is 2. The molecule has 0 aromatic heterocycles. The molecule has 0 bridgehead atoms. The van der Waals surface area contributed by atoms with E-state index in [0.29, 0.717) is 6.61 Å². The number of ether oxygens (including phenoxy) is 1. The second-order valence-corrected chi connectivity index (χ2v) is 2.80. The molecule has 0 aromatic rings. The maximum absolute atomic E-state index is 11.1. The molecule has 1 atom stereocenters. The van der Waals surface area contributed by atoms with Gasteiger partial charge in [-0.25, -0.2) is 0 Å². The highest BCUT2D eigenvalue weighted by Crippen LogP contribution is 2.11. The quantitative estimate of drug-likeness (QED) is 0.665. The van der Waals surface area contributed by atoms with Crippen molar-refractivity contribution in [3.63, 3.8) is 0 Å².